The van der Waals surface area contributed by atoms with E-state index < -0.39 is 11.7 Å². The van der Waals surface area contributed by atoms with Gasteiger partial charge in [-0.05, 0) is 43.5 Å². The number of hydrogen-bond donors (Lipinski definition) is 2. The van der Waals surface area contributed by atoms with E-state index in [-0.39, 0.29) is 22.7 Å². The van der Waals surface area contributed by atoms with Crippen molar-refractivity contribution in [3.05, 3.63) is 28.8 Å². The van der Waals surface area contributed by atoms with Crippen LogP contribution < -0.4 is 11.1 Å². The summed E-state index contributed by atoms with van der Waals surface area (Å²) in [6.07, 6.45) is -1.61. The molecule has 6 heteroatoms. The number of benzene rings is 1. The van der Waals surface area contributed by atoms with Gasteiger partial charge in [-0.3, -0.25) is 0 Å². The van der Waals surface area contributed by atoms with Crippen LogP contribution in [0.5, 0.6) is 0 Å². The summed E-state index contributed by atoms with van der Waals surface area (Å²) in [6, 6.07) is 3.81. The zero-order valence-corrected chi connectivity index (χ0v) is 11.1. The quantitative estimate of drug-likeness (QED) is 0.887. The minimum absolute atomic E-state index is 0.00674. The van der Waals surface area contributed by atoms with Gasteiger partial charge >= 0.3 is 6.18 Å². The third-order valence-electron chi connectivity index (χ3n) is 3.59. The van der Waals surface area contributed by atoms with Crippen molar-refractivity contribution < 1.29 is 13.2 Å². The summed E-state index contributed by atoms with van der Waals surface area (Å²) >= 11 is 5.65. The molecule has 1 aromatic carbocycles. The van der Waals surface area contributed by atoms with Gasteiger partial charge in [0.15, 0.2) is 0 Å². The largest absolute Gasteiger partial charge is 0.418 e. The van der Waals surface area contributed by atoms with Crippen LogP contribution in [0.2, 0.25) is 5.02 Å². The van der Waals surface area contributed by atoms with Crippen molar-refractivity contribution in [1.29, 1.82) is 0 Å². The molecule has 106 valence electrons. The second-order valence-corrected chi connectivity index (χ2v) is 5.30. The summed E-state index contributed by atoms with van der Waals surface area (Å²) in [6.45, 7) is 0.493. The molecule has 1 aliphatic rings. The van der Waals surface area contributed by atoms with E-state index in [2.05, 4.69) is 5.32 Å². The first-order valence-electron chi connectivity index (χ1n) is 6.25. The average molecular weight is 293 g/mol. The molecule has 0 aliphatic heterocycles. The van der Waals surface area contributed by atoms with Gasteiger partial charge in [0.2, 0.25) is 0 Å². The van der Waals surface area contributed by atoms with Gasteiger partial charge in [0.1, 0.15) is 0 Å². The standard InChI is InChI=1S/C13H16ClF3N2/c14-9-4-5-12(10(6-9)13(15,16)17)19-11-3-1-2-8(11)7-18/h4-6,8,11,19H,1-3,7,18H2. The maximum Gasteiger partial charge on any atom is 0.418 e. The number of nitrogens with two attached hydrogens (primary N) is 1. The topological polar surface area (TPSA) is 38.0 Å². The highest BCUT2D eigenvalue weighted by Gasteiger charge is 2.35. The highest BCUT2D eigenvalue weighted by Crippen LogP contribution is 2.38. The second-order valence-electron chi connectivity index (χ2n) is 4.87. The zero-order chi connectivity index (χ0) is 14.0. The van der Waals surface area contributed by atoms with Crippen LogP contribution in [-0.4, -0.2) is 12.6 Å². The van der Waals surface area contributed by atoms with Crippen molar-refractivity contribution in [2.24, 2.45) is 11.7 Å². The highest BCUT2D eigenvalue weighted by atomic mass is 35.5. The molecule has 2 rings (SSSR count). The maximum atomic E-state index is 13.0. The lowest BCUT2D eigenvalue weighted by Gasteiger charge is -2.23. The van der Waals surface area contributed by atoms with Gasteiger partial charge in [0.25, 0.3) is 0 Å². The molecule has 0 aromatic heterocycles. The first-order valence-corrected chi connectivity index (χ1v) is 6.63. The van der Waals surface area contributed by atoms with Gasteiger partial charge in [-0.2, -0.15) is 13.2 Å². The zero-order valence-electron chi connectivity index (χ0n) is 10.3. The Balaban J connectivity index is 2.25. The summed E-state index contributed by atoms with van der Waals surface area (Å²) in [5, 5.41) is 3.07. The molecule has 1 fully saturated rings. The van der Waals surface area contributed by atoms with Gasteiger partial charge in [-0.25, -0.2) is 0 Å². The van der Waals surface area contributed by atoms with E-state index in [0.29, 0.717) is 6.54 Å². The molecule has 0 saturated heterocycles. The van der Waals surface area contributed by atoms with Crippen molar-refractivity contribution in [3.63, 3.8) is 0 Å². The molecule has 0 spiro atoms. The SMILES string of the molecule is NCC1CCCC1Nc1ccc(Cl)cc1C(F)(F)F. The molecule has 0 amide bonds. The maximum absolute atomic E-state index is 13.0. The monoisotopic (exact) mass is 292 g/mol. The molecule has 2 nitrogen and oxygen atoms in total. The Morgan fingerprint density at radius 2 is 2.05 bits per heavy atom. The van der Waals surface area contributed by atoms with Gasteiger partial charge in [0, 0.05) is 16.8 Å². The highest BCUT2D eigenvalue weighted by molar-refractivity contribution is 6.30. The average Bonchev–Trinajstić information content (AvgIpc) is 2.77. The third-order valence-corrected chi connectivity index (χ3v) is 3.82. The van der Waals surface area contributed by atoms with Crippen molar-refractivity contribution in [2.45, 2.75) is 31.5 Å². The van der Waals surface area contributed by atoms with Crippen LogP contribution in [0.1, 0.15) is 24.8 Å². The van der Waals surface area contributed by atoms with E-state index in [1.807, 2.05) is 0 Å². The Morgan fingerprint density at radius 3 is 2.68 bits per heavy atom. The number of alkyl halides is 3. The summed E-state index contributed by atoms with van der Waals surface area (Å²) in [4.78, 5) is 0. The van der Waals surface area contributed by atoms with Gasteiger partial charge in [0.05, 0.1) is 5.56 Å². The van der Waals surface area contributed by atoms with E-state index in [4.69, 9.17) is 17.3 Å². The van der Waals surface area contributed by atoms with Crippen LogP contribution in [-0.2, 0) is 6.18 Å². The van der Waals surface area contributed by atoms with E-state index >= 15 is 0 Å². The molecule has 1 aliphatic carbocycles. The predicted molar refractivity (Wildman–Crippen MR) is 70.3 cm³/mol. The Morgan fingerprint density at radius 1 is 1.32 bits per heavy atom. The van der Waals surface area contributed by atoms with Crippen molar-refractivity contribution in [2.75, 3.05) is 11.9 Å². The van der Waals surface area contributed by atoms with E-state index in [0.717, 1.165) is 25.3 Å². The van der Waals surface area contributed by atoms with Crippen LogP contribution in [0.15, 0.2) is 18.2 Å². The van der Waals surface area contributed by atoms with E-state index in [1.165, 1.54) is 12.1 Å². The lowest BCUT2D eigenvalue weighted by Crippen LogP contribution is -2.30. The number of halogens is 4. The third kappa shape index (κ3) is 3.34. The minimum atomic E-state index is -4.41. The number of rotatable bonds is 3. The van der Waals surface area contributed by atoms with Crippen LogP contribution in [0.4, 0.5) is 18.9 Å². The number of anilines is 1. The fourth-order valence-corrected chi connectivity index (χ4v) is 2.76. The molecular weight excluding hydrogens is 277 g/mol. The Kier molecular flexibility index (Phi) is 4.26. The first kappa shape index (κ1) is 14.5. The molecule has 2 unspecified atom stereocenters. The fourth-order valence-electron chi connectivity index (χ4n) is 2.59. The smallest absolute Gasteiger partial charge is 0.381 e. The molecule has 0 heterocycles. The Bertz CT molecular complexity index is 448. The second kappa shape index (κ2) is 5.59. The van der Waals surface area contributed by atoms with Crippen LogP contribution in [0, 0.1) is 5.92 Å². The van der Waals surface area contributed by atoms with Crippen LogP contribution >= 0.6 is 11.6 Å². The van der Waals surface area contributed by atoms with Gasteiger partial charge in [-0.15, -0.1) is 0 Å². The summed E-state index contributed by atoms with van der Waals surface area (Å²) < 4.78 is 38.9. The molecular formula is C13H16ClF3N2. The van der Waals surface area contributed by atoms with Crippen molar-refractivity contribution >= 4 is 17.3 Å². The minimum Gasteiger partial charge on any atom is -0.381 e. The Labute approximate surface area is 115 Å². The van der Waals surface area contributed by atoms with E-state index in [9.17, 15) is 13.2 Å². The summed E-state index contributed by atoms with van der Waals surface area (Å²) in [7, 11) is 0. The molecule has 1 saturated carbocycles. The molecule has 2 atom stereocenters. The van der Waals surface area contributed by atoms with Gasteiger partial charge in [-0.1, -0.05) is 18.0 Å². The summed E-state index contributed by atoms with van der Waals surface area (Å²) in [5.74, 6) is 0.233. The molecule has 19 heavy (non-hydrogen) atoms. The molecule has 3 N–H and O–H groups in total. The molecule has 0 radical (unpaired) electrons. The van der Waals surface area contributed by atoms with Crippen LogP contribution in [0.25, 0.3) is 0 Å². The summed E-state index contributed by atoms with van der Waals surface area (Å²) in [5.41, 5.74) is 5.01. The first-order chi connectivity index (χ1) is 8.91. The van der Waals surface area contributed by atoms with E-state index in [1.54, 1.807) is 0 Å². The van der Waals surface area contributed by atoms with Crippen LogP contribution in [0.3, 0.4) is 0 Å². The number of hydrogen-bond acceptors (Lipinski definition) is 2. The van der Waals surface area contributed by atoms with Crippen molar-refractivity contribution in [1.82, 2.24) is 0 Å². The Hall–Kier alpha value is -0.940. The normalized spacial score (nSPS) is 23.6. The van der Waals surface area contributed by atoms with Gasteiger partial charge < -0.3 is 11.1 Å². The molecule has 0 bridgehead atoms. The lowest BCUT2D eigenvalue weighted by atomic mass is 10.0. The predicted octanol–water partition coefficient (Wildman–Crippen LogP) is 3.90. The number of nitrogens with one attached hydrogen (secondary N) is 1. The van der Waals surface area contributed by atoms with Crippen molar-refractivity contribution in [3.8, 4) is 0 Å². The lowest BCUT2D eigenvalue weighted by molar-refractivity contribution is -0.137. The fraction of sp³-hybridized carbons (Fsp3) is 0.538. The molecule has 1 aromatic rings.